The molecule has 1 saturated heterocycles. The van der Waals surface area contributed by atoms with E-state index in [1.165, 1.54) is 12.8 Å². The Hall–Kier alpha value is -0.830. The van der Waals surface area contributed by atoms with E-state index in [2.05, 4.69) is 13.5 Å². The van der Waals surface area contributed by atoms with Crippen LogP contribution in [0.25, 0.3) is 0 Å². The minimum Gasteiger partial charge on any atom is -0.478 e. The van der Waals surface area contributed by atoms with Crippen LogP contribution in [0.2, 0.25) is 0 Å². The third-order valence-corrected chi connectivity index (χ3v) is 5.39. The smallest absolute Gasteiger partial charge is 0.331 e. The zero-order chi connectivity index (χ0) is 12.3. The van der Waals surface area contributed by atoms with Gasteiger partial charge in [0, 0.05) is 5.57 Å². The zero-order valence-electron chi connectivity index (χ0n) is 10.4. The summed E-state index contributed by atoms with van der Waals surface area (Å²) >= 11 is 0. The molecule has 3 fully saturated rings. The van der Waals surface area contributed by atoms with Crippen molar-refractivity contribution in [2.75, 3.05) is 0 Å². The summed E-state index contributed by atoms with van der Waals surface area (Å²) in [6.07, 6.45) is 6.95. The lowest BCUT2D eigenvalue weighted by Gasteiger charge is -2.45. The molecule has 0 aromatic heterocycles. The Labute approximate surface area is 102 Å². The predicted octanol–water partition coefficient (Wildman–Crippen LogP) is 2.76. The molecule has 1 heterocycles. The second-order valence-corrected chi connectivity index (χ2v) is 6.22. The maximum Gasteiger partial charge on any atom is 0.331 e. The molecule has 94 valence electrons. The van der Waals surface area contributed by atoms with Crippen molar-refractivity contribution in [3.8, 4) is 0 Å². The number of rotatable bonds is 2. The number of hydrogen-bond acceptors (Lipinski definition) is 2. The van der Waals surface area contributed by atoms with E-state index in [4.69, 9.17) is 9.84 Å². The molecule has 4 atom stereocenters. The van der Waals surface area contributed by atoms with Crippen molar-refractivity contribution >= 4 is 5.97 Å². The molecular formula is C14H20O3. The first kappa shape index (κ1) is 11.3. The molecule has 0 aromatic rings. The number of carboxylic acids is 1. The molecule has 3 aliphatic rings. The first-order valence-electron chi connectivity index (χ1n) is 6.58. The quantitative estimate of drug-likeness (QED) is 0.592. The predicted molar refractivity (Wildman–Crippen MR) is 63.7 cm³/mol. The molecule has 1 aliphatic heterocycles. The lowest BCUT2D eigenvalue weighted by molar-refractivity contribution is -0.133. The van der Waals surface area contributed by atoms with E-state index in [-0.39, 0.29) is 16.9 Å². The van der Waals surface area contributed by atoms with Crippen LogP contribution in [-0.4, -0.2) is 22.8 Å². The summed E-state index contributed by atoms with van der Waals surface area (Å²) in [6.45, 7) is 6.06. The third-order valence-electron chi connectivity index (χ3n) is 5.39. The lowest BCUT2D eigenvalue weighted by atomic mass is 9.57. The fourth-order valence-corrected chi connectivity index (χ4v) is 4.13. The summed E-state index contributed by atoms with van der Waals surface area (Å²) in [6, 6.07) is 0. The van der Waals surface area contributed by atoms with Gasteiger partial charge in [-0.3, -0.25) is 0 Å². The topological polar surface area (TPSA) is 49.8 Å². The van der Waals surface area contributed by atoms with Gasteiger partial charge in [0.15, 0.2) is 0 Å². The molecule has 1 spiro atoms. The molecule has 3 heteroatoms. The summed E-state index contributed by atoms with van der Waals surface area (Å²) < 4.78 is 6.00. The highest BCUT2D eigenvalue weighted by atomic mass is 16.6. The monoisotopic (exact) mass is 236 g/mol. The molecule has 2 saturated carbocycles. The average Bonchev–Trinajstić information content (AvgIpc) is 2.99. The van der Waals surface area contributed by atoms with Gasteiger partial charge in [-0.15, -0.1) is 0 Å². The Morgan fingerprint density at radius 2 is 2.18 bits per heavy atom. The summed E-state index contributed by atoms with van der Waals surface area (Å²) in [5, 5.41) is 9.05. The number of epoxide rings is 1. The Bertz CT molecular complexity index is 389. The molecule has 0 aromatic carbocycles. The fraction of sp³-hybridized carbons (Fsp3) is 0.786. The van der Waals surface area contributed by atoms with Crippen LogP contribution in [0.5, 0.6) is 0 Å². The Balaban J connectivity index is 1.81. The van der Waals surface area contributed by atoms with Crippen LogP contribution >= 0.6 is 0 Å². The highest BCUT2D eigenvalue weighted by Crippen LogP contribution is 2.66. The maximum atomic E-state index is 11.0. The van der Waals surface area contributed by atoms with Crippen molar-refractivity contribution in [1.82, 2.24) is 0 Å². The van der Waals surface area contributed by atoms with Gasteiger partial charge in [-0.25, -0.2) is 4.79 Å². The molecule has 3 rings (SSSR count). The van der Waals surface area contributed by atoms with Gasteiger partial charge in [0.25, 0.3) is 0 Å². The van der Waals surface area contributed by atoms with E-state index in [0.29, 0.717) is 11.7 Å². The SMILES string of the molecule is C=C(C(=O)O)C1CCC2(C)CCCC3OC32C1. The van der Waals surface area contributed by atoms with Crippen molar-refractivity contribution in [1.29, 1.82) is 0 Å². The first-order chi connectivity index (χ1) is 7.98. The zero-order valence-corrected chi connectivity index (χ0v) is 10.4. The lowest BCUT2D eigenvalue weighted by Crippen LogP contribution is -2.46. The molecule has 1 N–H and O–H groups in total. The summed E-state index contributed by atoms with van der Waals surface area (Å²) in [4.78, 5) is 11.0. The molecule has 0 bridgehead atoms. The number of ether oxygens (including phenoxy) is 1. The van der Waals surface area contributed by atoms with Gasteiger partial charge in [0.2, 0.25) is 0 Å². The van der Waals surface area contributed by atoms with Gasteiger partial charge in [0.1, 0.15) is 5.60 Å². The molecule has 3 nitrogen and oxygen atoms in total. The largest absolute Gasteiger partial charge is 0.478 e. The molecule has 17 heavy (non-hydrogen) atoms. The van der Waals surface area contributed by atoms with Crippen LogP contribution < -0.4 is 0 Å². The van der Waals surface area contributed by atoms with E-state index >= 15 is 0 Å². The molecule has 0 amide bonds. The van der Waals surface area contributed by atoms with Gasteiger partial charge < -0.3 is 9.84 Å². The van der Waals surface area contributed by atoms with Crippen molar-refractivity contribution < 1.29 is 14.6 Å². The van der Waals surface area contributed by atoms with Crippen molar-refractivity contribution in [3.63, 3.8) is 0 Å². The summed E-state index contributed by atoms with van der Waals surface area (Å²) in [5.41, 5.74) is 0.652. The Morgan fingerprint density at radius 1 is 1.41 bits per heavy atom. The van der Waals surface area contributed by atoms with E-state index in [9.17, 15) is 4.79 Å². The van der Waals surface area contributed by atoms with Crippen molar-refractivity contribution in [2.45, 2.75) is 57.2 Å². The standard InChI is InChI=1S/C14H20O3/c1-9(12(15)16)10-5-7-13(2)6-3-4-11-14(13,8-10)17-11/h10-11H,1,3-8H2,2H3,(H,15,16). The minimum atomic E-state index is -0.844. The summed E-state index contributed by atoms with van der Waals surface area (Å²) in [5.74, 6) is -0.730. The Kier molecular flexibility index (Phi) is 2.22. The highest BCUT2D eigenvalue weighted by Gasteiger charge is 2.69. The maximum absolute atomic E-state index is 11.0. The molecule has 0 radical (unpaired) electrons. The second kappa shape index (κ2) is 3.35. The summed E-state index contributed by atoms with van der Waals surface area (Å²) in [7, 11) is 0. The normalized spacial score (nSPS) is 47.8. The van der Waals surface area contributed by atoms with Crippen molar-refractivity contribution in [3.05, 3.63) is 12.2 Å². The van der Waals surface area contributed by atoms with Crippen LogP contribution in [0.3, 0.4) is 0 Å². The van der Waals surface area contributed by atoms with Crippen LogP contribution in [-0.2, 0) is 9.53 Å². The van der Waals surface area contributed by atoms with Gasteiger partial charge in [-0.05, 0) is 43.4 Å². The number of carboxylic acid groups (broad SMARTS) is 1. The van der Waals surface area contributed by atoms with E-state index < -0.39 is 5.97 Å². The van der Waals surface area contributed by atoms with Crippen LogP contribution in [0.1, 0.15) is 45.4 Å². The van der Waals surface area contributed by atoms with Gasteiger partial charge in [0.05, 0.1) is 6.10 Å². The fourth-order valence-electron chi connectivity index (χ4n) is 4.13. The van der Waals surface area contributed by atoms with Gasteiger partial charge in [-0.2, -0.15) is 0 Å². The molecular weight excluding hydrogens is 216 g/mol. The van der Waals surface area contributed by atoms with E-state index in [1.807, 2.05) is 0 Å². The third kappa shape index (κ3) is 1.41. The van der Waals surface area contributed by atoms with E-state index in [1.54, 1.807) is 0 Å². The highest BCUT2D eigenvalue weighted by molar-refractivity contribution is 5.86. The van der Waals surface area contributed by atoms with Crippen LogP contribution in [0.15, 0.2) is 12.2 Å². The Morgan fingerprint density at radius 3 is 2.88 bits per heavy atom. The molecule has 2 aliphatic carbocycles. The number of hydrogen-bond donors (Lipinski definition) is 1. The van der Waals surface area contributed by atoms with Gasteiger partial charge in [-0.1, -0.05) is 19.9 Å². The number of carbonyl (C=O) groups is 1. The number of aliphatic carboxylic acids is 1. The van der Waals surface area contributed by atoms with Crippen molar-refractivity contribution in [2.24, 2.45) is 11.3 Å². The van der Waals surface area contributed by atoms with Gasteiger partial charge >= 0.3 is 5.97 Å². The first-order valence-corrected chi connectivity index (χ1v) is 6.58. The average molecular weight is 236 g/mol. The second-order valence-electron chi connectivity index (χ2n) is 6.22. The van der Waals surface area contributed by atoms with Crippen LogP contribution in [0.4, 0.5) is 0 Å². The minimum absolute atomic E-state index is 0.00738. The molecule has 4 unspecified atom stereocenters. The van der Waals surface area contributed by atoms with Crippen LogP contribution in [0, 0.1) is 11.3 Å². The van der Waals surface area contributed by atoms with E-state index in [0.717, 1.165) is 25.7 Å².